The highest BCUT2D eigenvalue weighted by molar-refractivity contribution is 5.74. The van der Waals surface area contributed by atoms with Gasteiger partial charge in [0, 0.05) is 18.8 Å². The van der Waals surface area contributed by atoms with Gasteiger partial charge in [0.1, 0.15) is 5.69 Å². The Bertz CT molecular complexity index is 660. The quantitative estimate of drug-likeness (QED) is 0.878. The minimum Gasteiger partial charge on any atom is -0.332 e. The first-order valence-corrected chi connectivity index (χ1v) is 7.61. The summed E-state index contributed by atoms with van der Waals surface area (Å²) < 4.78 is 1.81. The van der Waals surface area contributed by atoms with Gasteiger partial charge >= 0.3 is 6.03 Å². The van der Waals surface area contributed by atoms with Gasteiger partial charge in [-0.1, -0.05) is 0 Å². The van der Waals surface area contributed by atoms with Crippen molar-refractivity contribution in [1.82, 2.24) is 35.4 Å². The normalized spacial score (nSPS) is 17.1. The van der Waals surface area contributed by atoms with Gasteiger partial charge < -0.3 is 10.6 Å². The van der Waals surface area contributed by atoms with Crippen molar-refractivity contribution in [2.45, 2.75) is 45.3 Å². The first-order chi connectivity index (χ1) is 10.7. The zero-order valence-electron chi connectivity index (χ0n) is 12.9. The van der Waals surface area contributed by atoms with Crippen LogP contribution in [-0.4, -0.2) is 30.8 Å². The molecule has 1 atom stereocenters. The minimum absolute atomic E-state index is 0.0313. The molecule has 8 heteroatoms. The van der Waals surface area contributed by atoms with E-state index in [0.717, 1.165) is 42.8 Å². The minimum atomic E-state index is -0.187. The zero-order chi connectivity index (χ0) is 15.5. The molecule has 3 rings (SSSR count). The fraction of sp³-hybridized carbons (Fsp3) is 0.571. The second kappa shape index (κ2) is 6.17. The molecule has 2 amide bonds. The Morgan fingerprint density at radius 3 is 3.09 bits per heavy atom. The van der Waals surface area contributed by atoms with E-state index in [1.54, 1.807) is 11.0 Å². The molecular formula is C14H21N7O. The van der Waals surface area contributed by atoms with Crippen LogP contribution in [0.4, 0.5) is 4.79 Å². The Hall–Kier alpha value is -2.38. The molecule has 22 heavy (non-hydrogen) atoms. The molecule has 1 aliphatic carbocycles. The summed E-state index contributed by atoms with van der Waals surface area (Å²) in [6, 6.07) is -0.156. The number of rotatable bonds is 4. The Morgan fingerprint density at radius 1 is 1.45 bits per heavy atom. The summed E-state index contributed by atoms with van der Waals surface area (Å²) in [5.41, 5.74) is 2.97. The molecule has 0 aliphatic heterocycles. The topological polar surface area (TPSA) is 89.7 Å². The van der Waals surface area contributed by atoms with Crippen LogP contribution < -0.4 is 10.6 Å². The third-order valence-corrected chi connectivity index (χ3v) is 3.82. The monoisotopic (exact) mass is 303 g/mol. The van der Waals surface area contributed by atoms with Crippen LogP contribution >= 0.6 is 0 Å². The van der Waals surface area contributed by atoms with Crippen molar-refractivity contribution in [2.24, 2.45) is 7.05 Å². The van der Waals surface area contributed by atoms with Gasteiger partial charge in [0.2, 0.25) is 0 Å². The van der Waals surface area contributed by atoms with Crippen LogP contribution in [0, 0.1) is 0 Å². The maximum Gasteiger partial charge on any atom is 0.315 e. The molecule has 1 unspecified atom stereocenters. The highest BCUT2D eigenvalue weighted by atomic mass is 16.2. The maximum absolute atomic E-state index is 12.1. The molecule has 0 bridgehead atoms. The lowest BCUT2D eigenvalue weighted by atomic mass is 9.93. The summed E-state index contributed by atoms with van der Waals surface area (Å²) in [5, 5.41) is 18.6. The maximum atomic E-state index is 12.1. The predicted octanol–water partition coefficient (Wildman–Crippen LogP) is 0.908. The molecule has 118 valence electrons. The number of aromatic nitrogens is 5. The van der Waals surface area contributed by atoms with Crippen molar-refractivity contribution in [1.29, 1.82) is 0 Å². The van der Waals surface area contributed by atoms with Crippen molar-refractivity contribution < 1.29 is 4.79 Å². The molecule has 0 spiro atoms. The molecular weight excluding hydrogens is 282 g/mol. The summed E-state index contributed by atoms with van der Waals surface area (Å²) in [5.74, 6) is 0. The SMILES string of the molecule is CCn1ncc(CNC(=O)NC2CCCc3nn(C)cc32)n1. The van der Waals surface area contributed by atoms with Crippen molar-refractivity contribution in [3.8, 4) is 0 Å². The third kappa shape index (κ3) is 3.10. The van der Waals surface area contributed by atoms with E-state index in [9.17, 15) is 4.79 Å². The van der Waals surface area contributed by atoms with Gasteiger partial charge in [-0.15, -0.1) is 0 Å². The number of fused-ring (bicyclic) bond motifs is 1. The number of nitrogens with zero attached hydrogens (tertiary/aromatic N) is 5. The van der Waals surface area contributed by atoms with Crippen LogP contribution in [0.25, 0.3) is 0 Å². The summed E-state index contributed by atoms with van der Waals surface area (Å²) in [6.07, 6.45) is 6.63. The summed E-state index contributed by atoms with van der Waals surface area (Å²) >= 11 is 0. The second-order valence-corrected chi connectivity index (χ2v) is 5.50. The molecule has 0 aromatic carbocycles. The molecule has 0 fully saturated rings. The smallest absolute Gasteiger partial charge is 0.315 e. The standard InChI is InChI=1S/C14H21N7O/c1-3-21-16-8-10(18-21)7-15-14(22)17-12-5-4-6-13-11(12)9-20(2)19-13/h8-9,12H,3-7H2,1-2H3,(H2,15,17,22). The lowest BCUT2D eigenvalue weighted by Gasteiger charge is -2.22. The van der Waals surface area contributed by atoms with Gasteiger partial charge in [0.25, 0.3) is 0 Å². The summed E-state index contributed by atoms with van der Waals surface area (Å²) in [7, 11) is 1.91. The number of hydrogen-bond acceptors (Lipinski definition) is 4. The average Bonchev–Trinajstić information content (AvgIpc) is 3.11. The first kappa shape index (κ1) is 14.6. The van der Waals surface area contributed by atoms with Crippen LogP contribution in [0.1, 0.15) is 42.8 Å². The fourth-order valence-corrected chi connectivity index (χ4v) is 2.76. The van der Waals surface area contributed by atoms with E-state index in [-0.39, 0.29) is 12.1 Å². The molecule has 0 saturated carbocycles. The van der Waals surface area contributed by atoms with Crippen LogP contribution in [0.5, 0.6) is 0 Å². The average molecular weight is 303 g/mol. The van der Waals surface area contributed by atoms with Gasteiger partial charge in [-0.05, 0) is 26.2 Å². The zero-order valence-corrected chi connectivity index (χ0v) is 12.9. The predicted molar refractivity (Wildman–Crippen MR) is 80.0 cm³/mol. The van der Waals surface area contributed by atoms with Crippen molar-refractivity contribution in [3.63, 3.8) is 0 Å². The second-order valence-electron chi connectivity index (χ2n) is 5.50. The van der Waals surface area contributed by atoms with Crippen molar-refractivity contribution >= 4 is 6.03 Å². The highest BCUT2D eigenvalue weighted by Gasteiger charge is 2.24. The number of nitrogens with one attached hydrogen (secondary N) is 2. The Balaban J connectivity index is 1.56. The van der Waals surface area contributed by atoms with E-state index in [4.69, 9.17) is 0 Å². The summed E-state index contributed by atoms with van der Waals surface area (Å²) in [6.45, 7) is 3.06. The van der Waals surface area contributed by atoms with Gasteiger partial charge in [0.05, 0.1) is 31.0 Å². The van der Waals surface area contributed by atoms with E-state index >= 15 is 0 Å². The molecule has 2 heterocycles. The van der Waals surface area contributed by atoms with Crippen molar-refractivity contribution in [2.75, 3.05) is 0 Å². The molecule has 2 N–H and O–H groups in total. The molecule has 1 aliphatic rings. The van der Waals surface area contributed by atoms with E-state index < -0.39 is 0 Å². The van der Waals surface area contributed by atoms with Gasteiger partial charge in [-0.25, -0.2) is 4.79 Å². The number of amides is 2. The van der Waals surface area contributed by atoms with Crippen LogP contribution in [0.2, 0.25) is 0 Å². The number of urea groups is 1. The Labute approximate surface area is 128 Å². The van der Waals surface area contributed by atoms with Crippen molar-refractivity contribution in [3.05, 3.63) is 29.3 Å². The molecule has 2 aromatic heterocycles. The number of hydrogen-bond donors (Lipinski definition) is 2. The number of carbonyl (C=O) groups excluding carboxylic acids is 1. The van der Waals surface area contributed by atoms with Crippen LogP contribution in [0.3, 0.4) is 0 Å². The lowest BCUT2D eigenvalue weighted by molar-refractivity contribution is 0.235. The summed E-state index contributed by atoms with van der Waals surface area (Å²) in [4.78, 5) is 13.7. The Kier molecular flexibility index (Phi) is 4.08. The molecule has 0 radical (unpaired) electrons. The highest BCUT2D eigenvalue weighted by Crippen LogP contribution is 2.28. The van der Waals surface area contributed by atoms with Gasteiger partial charge in [0.15, 0.2) is 0 Å². The largest absolute Gasteiger partial charge is 0.332 e. The fourth-order valence-electron chi connectivity index (χ4n) is 2.76. The number of carbonyl (C=O) groups is 1. The van der Waals surface area contributed by atoms with Gasteiger partial charge in [-0.3, -0.25) is 4.68 Å². The van der Waals surface area contributed by atoms with Crippen LogP contribution in [-0.2, 0) is 26.6 Å². The van der Waals surface area contributed by atoms with Gasteiger partial charge in [-0.2, -0.15) is 20.1 Å². The molecule has 8 nitrogen and oxygen atoms in total. The lowest BCUT2D eigenvalue weighted by Crippen LogP contribution is -2.38. The molecule has 0 saturated heterocycles. The number of aryl methyl sites for hydroxylation is 3. The Morgan fingerprint density at radius 2 is 2.32 bits per heavy atom. The molecule has 2 aromatic rings. The van der Waals surface area contributed by atoms with E-state index in [0.29, 0.717) is 6.54 Å². The van der Waals surface area contributed by atoms with E-state index in [1.807, 2.05) is 24.9 Å². The van der Waals surface area contributed by atoms with E-state index in [1.165, 1.54) is 0 Å². The van der Waals surface area contributed by atoms with Crippen LogP contribution in [0.15, 0.2) is 12.4 Å². The first-order valence-electron chi connectivity index (χ1n) is 7.61. The third-order valence-electron chi connectivity index (χ3n) is 3.82. The van der Waals surface area contributed by atoms with E-state index in [2.05, 4.69) is 25.9 Å².